The molecule has 126 valence electrons. The van der Waals surface area contributed by atoms with E-state index in [-0.39, 0.29) is 6.54 Å². The largest absolute Gasteiger partial charge is 0.442 e. The van der Waals surface area contributed by atoms with Crippen molar-refractivity contribution >= 4 is 11.8 Å². The van der Waals surface area contributed by atoms with Gasteiger partial charge in [0.2, 0.25) is 0 Å². The summed E-state index contributed by atoms with van der Waals surface area (Å²) in [4.78, 5) is 12.5. The van der Waals surface area contributed by atoms with Crippen molar-refractivity contribution in [2.24, 2.45) is 5.10 Å². The van der Waals surface area contributed by atoms with E-state index in [2.05, 4.69) is 23.2 Å². The predicted octanol–water partition coefficient (Wildman–Crippen LogP) is 4.29. The zero-order valence-corrected chi connectivity index (χ0v) is 14.6. The van der Waals surface area contributed by atoms with Crippen LogP contribution in [-0.4, -0.2) is 29.0 Å². The van der Waals surface area contributed by atoms with Gasteiger partial charge in [-0.05, 0) is 31.9 Å². The van der Waals surface area contributed by atoms with Crippen LogP contribution < -0.4 is 0 Å². The minimum atomic E-state index is -0.615. The van der Waals surface area contributed by atoms with E-state index in [1.807, 2.05) is 57.2 Å². The van der Waals surface area contributed by atoms with Gasteiger partial charge in [0, 0.05) is 11.1 Å². The van der Waals surface area contributed by atoms with Crippen molar-refractivity contribution in [1.29, 1.82) is 0 Å². The standard InChI is InChI=1S/C21H20N2O2/c1-5-14-23(20(24)25-21(2,3)4)22-19-17-12-8-6-10-15(17)16-11-7-9-13-18(16)19/h1,6-13H,14H2,2-4H3. The molecule has 0 unspecified atom stereocenters. The Morgan fingerprint density at radius 1 is 1.04 bits per heavy atom. The molecular formula is C21H20N2O2. The molecule has 0 saturated heterocycles. The van der Waals surface area contributed by atoms with Gasteiger partial charge in [-0.1, -0.05) is 54.5 Å². The van der Waals surface area contributed by atoms with Crippen molar-refractivity contribution < 1.29 is 9.53 Å². The van der Waals surface area contributed by atoms with Crippen LogP contribution in [0.15, 0.2) is 53.6 Å². The van der Waals surface area contributed by atoms with E-state index >= 15 is 0 Å². The number of amides is 1. The number of hydrogen-bond donors (Lipinski definition) is 0. The maximum absolute atomic E-state index is 12.5. The summed E-state index contributed by atoms with van der Waals surface area (Å²) >= 11 is 0. The first-order valence-electron chi connectivity index (χ1n) is 8.12. The van der Waals surface area contributed by atoms with Crippen molar-refractivity contribution in [2.45, 2.75) is 26.4 Å². The highest BCUT2D eigenvalue weighted by Gasteiger charge is 2.27. The zero-order chi connectivity index (χ0) is 18.0. The van der Waals surface area contributed by atoms with Crippen LogP contribution in [0, 0.1) is 12.3 Å². The summed E-state index contributed by atoms with van der Waals surface area (Å²) < 4.78 is 5.42. The Kier molecular flexibility index (Phi) is 4.33. The lowest BCUT2D eigenvalue weighted by atomic mass is 10.1. The van der Waals surface area contributed by atoms with Crippen LogP contribution in [0.5, 0.6) is 0 Å². The average molecular weight is 332 g/mol. The van der Waals surface area contributed by atoms with Gasteiger partial charge in [-0.15, -0.1) is 6.42 Å². The molecule has 0 bridgehead atoms. The van der Waals surface area contributed by atoms with Gasteiger partial charge >= 0.3 is 6.09 Å². The summed E-state index contributed by atoms with van der Waals surface area (Å²) in [5, 5.41) is 5.77. The third kappa shape index (κ3) is 3.41. The molecule has 25 heavy (non-hydrogen) atoms. The van der Waals surface area contributed by atoms with Crippen molar-refractivity contribution in [3.63, 3.8) is 0 Å². The minimum absolute atomic E-state index is 0.0444. The van der Waals surface area contributed by atoms with Gasteiger partial charge in [0.15, 0.2) is 0 Å². The second kappa shape index (κ2) is 6.45. The Morgan fingerprint density at radius 3 is 1.96 bits per heavy atom. The lowest BCUT2D eigenvalue weighted by Gasteiger charge is -2.23. The fourth-order valence-electron chi connectivity index (χ4n) is 2.76. The smallest absolute Gasteiger partial charge is 0.431 e. The topological polar surface area (TPSA) is 41.9 Å². The number of rotatable bonds is 2. The molecule has 4 nitrogen and oxygen atoms in total. The first-order chi connectivity index (χ1) is 11.9. The van der Waals surface area contributed by atoms with Crippen molar-refractivity contribution in [3.05, 3.63) is 59.7 Å². The molecule has 0 aromatic heterocycles. The normalized spacial score (nSPS) is 12.0. The van der Waals surface area contributed by atoms with Crippen molar-refractivity contribution in [3.8, 4) is 23.5 Å². The lowest BCUT2D eigenvalue weighted by Crippen LogP contribution is -2.34. The minimum Gasteiger partial charge on any atom is -0.442 e. The predicted molar refractivity (Wildman–Crippen MR) is 99.3 cm³/mol. The van der Waals surface area contributed by atoms with Crippen molar-refractivity contribution in [1.82, 2.24) is 5.01 Å². The highest BCUT2D eigenvalue weighted by molar-refractivity contribution is 6.24. The quantitative estimate of drug-likeness (QED) is 0.519. The fraction of sp³-hybridized carbons (Fsp3) is 0.238. The van der Waals surface area contributed by atoms with E-state index in [0.29, 0.717) is 0 Å². The van der Waals surface area contributed by atoms with E-state index < -0.39 is 11.7 Å². The Morgan fingerprint density at radius 2 is 1.52 bits per heavy atom. The Bertz CT molecular complexity index is 838. The van der Waals surface area contributed by atoms with Gasteiger partial charge in [0.25, 0.3) is 0 Å². The Hall–Kier alpha value is -3.06. The van der Waals surface area contributed by atoms with Crippen LogP contribution in [-0.2, 0) is 4.74 Å². The molecule has 0 saturated carbocycles. The van der Waals surface area contributed by atoms with Crippen LogP contribution in [0.2, 0.25) is 0 Å². The van der Waals surface area contributed by atoms with E-state index in [9.17, 15) is 4.79 Å². The molecule has 0 heterocycles. The molecule has 2 aromatic rings. The maximum atomic E-state index is 12.5. The highest BCUT2D eigenvalue weighted by Crippen LogP contribution is 2.36. The van der Waals surface area contributed by atoms with Crippen LogP contribution in [0.1, 0.15) is 31.9 Å². The van der Waals surface area contributed by atoms with Crippen LogP contribution >= 0.6 is 0 Å². The average Bonchev–Trinajstić information content (AvgIpc) is 2.87. The number of carbonyl (C=O) groups is 1. The van der Waals surface area contributed by atoms with Crippen LogP contribution in [0.25, 0.3) is 11.1 Å². The molecule has 0 radical (unpaired) electrons. The fourth-order valence-corrected chi connectivity index (χ4v) is 2.76. The van der Waals surface area contributed by atoms with Gasteiger partial charge in [-0.25, -0.2) is 4.79 Å². The molecule has 1 aliphatic rings. The summed E-state index contributed by atoms with van der Waals surface area (Å²) in [6, 6.07) is 16.0. The van der Waals surface area contributed by atoms with E-state index in [0.717, 1.165) is 28.0 Å². The van der Waals surface area contributed by atoms with Gasteiger partial charge in [-0.2, -0.15) is 10.1 Å². The SMILES string of the molecule is C#CCN(N=C1c2ccccc2-c2ccccc21)C(=O)OC(C)(C)C. The summed E-state index contributed by atoms with van der Waals surface area (Å²) in [7, 11) is 0. The van der Waals surface area contributed by atoms with Gasteiger partial charge in [-0.3, -0.25) is 0 Å². The summed E-state index contributed by atoms with van der Waals surface area (Å²) in [6.07, 6.45) is 4.87. The molecular weight excluding hydrogens is 312 g/mol. The third-order valence-corrected chi connectivity index (χ3v) is 3.72. The number of fused-ring (bicyclic) bond motifs is 3. The Labute approximate surface area is 148 Å². The summed E-state index contributed by atoms with van der Waals surface area (Å²) in [6.45, 7) is 5.48. The lowest BCUT2D eigenvalue weighted by molar-refractivity contribution is 0.0280. The van der Waals surface area contributed by atoms with Gasteiger partial charge in [0.1, 0.15) is 12.1 Å². The Balaban J connectivity index is 2.06. The molecule has 0 N–H and O–H groups in total. The monoisotopic (exact) mass is 332 g/mol. The number of ether oxygens (including phenoxy) is 1. The number of carbonyl (C=O) groups excluding carboxylic acids is 1. The van der Waals surface area contributed by atoms with E-state index in [1.54, 1.807) is 0 Å². The number of terminal acetylenes is 1. The van der Waals surface area contributed by atoms with Gasteiger partial charge < -0.3 is 4.74 Å². The first kappa shape index (κ1) is 16.8. The van der Waals surface area contributed by atoms with E-state index in [1.165, 1.54) is 5.01 Å². The molecule has 1 amide bonds. The second-order valence-electron chi connectivity index (χ2n) is 6.78. The number of hydrazone groups is 1. The summed E-state index contributed by atoms with van der Waals surface area (Å²) in [5.41, 5.74) is 4.27. The van der Waals surface area contributed by atoms with Gasteiger partial charge in [0.05, 0.1) is 5.71 Å². The molecule has 0 fully saturated rings. The second-order valence-corrected chi connectivity index (χ2v) is 6.78. The maximum Gasteiger partial charge on any atom is 0.431 e. The van der Waals surface area contributed by atoms with Crippen LogP contribution in [0.4, 0.5) is 4.79 Å². The number of hydrogen-bond acceptors (Lipinski definition) is 3. The third-order valence-electron chi connectivity index (χ3n) is 3.72. The molecule has 0 atom stereocenters. The number of nitrogens with zero attached hydrogens (tertiary/aromatic N) is 2. The molecule has 4 heteroatoms. The highest BCUT2D eigenvalue weighted by atomic mass is 16.6. The molecule has 2 aromatic carbocycles. The first-order valence-corrected chi connectivity index (χ1v) is 8.12. The molecule has 0 spiro atoms. The van der Waals surface area contributed by atoms with E-state index in [4.69, 9.17) is 11.2 Å². The molecule has 1 aliphatic carbocycles. The van der Waals surface area contributed by atoms with Crippen molar-refractivity contribution in [2.75, 3.05) is 6.54 Å². The number of benzene rings is 2. The van der Waals surface area contributed by atoms with Crippen LogP contribution in [0.3, 0.4) is 0 Å². The summed E-state index contributed by atoms with van der Waals surface area (Å²) in [5.74, 6) is 2.47. The zero-order valence-electron chi connectivity index (χ0n) is 14.6. The molecule has 0 aliphatic heterocycles. The molecule has 3 rings (SSSR count).